The van der Waals surface area contributed by atoms with Gasteiger partial charge in [0.2, 0.25) is 5.91 Å². The molecule has 3 rings (SSSR count). The number of ether oxygens (including phenoxy) is 1. The van der Waals surface area contributed by atoms with Gasteiger partial charge in [0.15, 0.2) is 5.16 Å². The summed E-state index contributed by atoms with van der Waals surface area (Å²) in [6, 6.07) is 15.2. The van der Waals surface area contributed by atoms with Gasteiger partial charge in [-0.1, -0.05) is 56.8 Å². The average molecular weight is 454 g/mol. The minimum Gasteiger partial charge on any atom is -0.385 e. The van der Waals surface area contributed by atoms with Gasteiger partial charge in [0.1, 0.15) is 0 Å². The molecule has 0 radical (unpaired) electrons. The monoisotopic (exact) mass is 453 g/mol. The van der Waals surface area contributed by atoms with Crippen LogP contribution < -0.4 is 10.9 Å². The van der Waals surface area contributed by atoms with Crippen LogP contribution in [0.4, 0.5) is 5.69 Å². The van der Waals surface area contributed by atoms with E-state index in [1.165, 1.54) is 17.3 Å². The molecule has 0 saturated carbocycles. The van der Waals surface area contributed by atoms with E-state index in [0.717, 1.165) is 5.69 Å². The van der Waals surface area contributed by atoms with Crippen molar-refractivity contribution >= 4 is 34.3 Å². The third-order valence-electron chi connectivity index (χ3n) is 5.23. The normalized spacial score (nSPS) is 12.7. The fourth-order valence-electron chi connectivity index (χ4n) is 3.31. The van der Waals surface area contributed by atoms with Crippen LogP contribution >= 0.6 is 11.8 Å². The van der Waals surface area contributed by atoms with Crippen molar-refractivity contribution in [3.8, 4) is 0 Å². The highest BCUT2D eigenvalue weighted by Crippen LogP contribution is 2.26. The highest BCUT2D eigenvalue weighted by molar-refractivity contribution is 8.00. The van der Waals surface area contributed by atoms with Gasteiger partial charge >= 0.3 is 0 Å². The van der Waals surface area contributed by atoms with Gasteiger partial charge in [0, 0.05) is 25.9 Å². The van der Waals surface area contributed by atoms with E-state index in [9.17, 15) is 9.59 Å². The number of nitrogens with one attached hydrogen (secondary N) is 1. The largest absolute Gasteiger partial charge is 0.385 e. The number of methoxy groups -OCH3 is 1. The summed E-state index contributed by atoms with van der Waals surface area (Å²) in [6.07, 6.45) is 0.685. The molecule has 0 bridgehead atoms. The lowest BCUT2D eigenvalue weighted by Crippen LogP contribution is -2.27. The molecule has 32 heavy (non-hydrogen) atoms. The van der Waals surface area contributed by atoms with Crippen molar-refractivity contribution in [2.45, 2.75) is 56.5 Å². The zero-order valence-electron chi connectivity index (χ0n) is 19.3. The number of thioether (sulfide) groups is 1. The van der Waals surface area contributed by atoms with Gasteiger partial charge in [0.25, 0.3) is 5.56 Å². The third-order valence-corrected chi connectivity index (χ3v) is 6.32. The number of hydrogen-bond acceptors (Lipinski definition) is 5. The lowest BCUT2D eigenvalue weighted by Gasteiger charge is -2.19. The second-order valence-electron chi connectivity index (χ2n) is 8.79. The van der Waals surface area contributed by atoms with E-state index < -0.39 is 5.25 Å². The Hall–Kier alpha value is -2.64. The molecule has 0 saturated heterocycles. The predicted octanol–water partition coefficient (Wildman–Crippen LogP) is 4.85. The Balaban J connectivity index is 1.80. The fourth-order valence-corrected chi connectivity index (χ4v) is 4.25. The SMILES string of the molecule is COCCCn1c(SC(C)C(=O)Nc2ccc(C(C)(C)C)cc2)nc2ccccc2c1=O. The summed E-state index contributed by atoms with van der Waals surface area (Å²) in [7, 11) is 1.64. The molecule has 1 unspecified atom stereocenters. The van der Waals surface area contributed by atoms with Crippen molar-refractivity contribution in [1.82, 2.24) is 9.55 Å². The number of amides is 1. The molecule has 1 heterocycles. The Labute approximate surface area is 193 Å². The highest BCUT2D eigenvalue weighted by Gasteiger charge is 2.20. The molecule has 6 nitrogen and oxygen atoms in total. The second-order valence-corrected chi connectivity index (χ2v) is 10.1. The van der Waals surface area contributed by atoms with E-state index in [1.54, 1.807) is 17.7 Å². The first-order chi connectivity index (χ1) is 15.2. The van der Waals surface area contributed by atoms with Gasteiger partial charge in [-0.15, -0.1) is 0 Å². The van der Waals surface area contributed by atoms with Gasteiger partial charge in [0.05, 0.1) is 16.2 Å². The van der Waals surface area contributed by atoms with Crippen LogP contribution in [0.25, 0.3) is 10.9 Å². The lowest BCUT2D eigenvalue weighted by atomic mass is 9.87. The molecule has 0 aliphatic heterocycles. The average Bonchev–Trinajstić information content (AvgIpc) is 2.75. The van der Waals surface area contributed by atoms with Crippen molar-refractivity contribution in [2.24, 2.45) is 0 Å². The van der Waals surface area contributed by atoms with E-state index in [0.29, 0.717) is 35.6 Å². The Morgan fingerprint density at radius 1 is 1.16 bits per heavy atom. The molecule has 0 aliphatic rings. The summed E-state index contributed by atoms with van der Waals surface area (Å²) in [5.41, 5.74) is 2.55. The van der Waals surface area contributed by atoms with E-state index in [1.807, 2.05) is 49.4 Å². The maximum absolute atomic E-state index is 13.1. The Bertz CT molecular complexity index is 1130. The zero-order chi connectivity index (χ0) is 23.3. The van der Waals surface area contributed by atoms with E-state index in [2.05, 4.69) is 31.1 Å². The van der Waals surface area contributed by atoms with Gasteiger partial charge in [-0.25, -0.2) is 4.98 Å². The summed E-state index contributed by atoms with van der Waals surface area (Å²) >= 11 is 1.29. The Morgan fingerprint density at radius 3 is 2.50 bits per heavy atom. The summed E-state index contributed by atoms with van der Waals surface area (Å²) in [5.74, 6) is -0.135. The van der Waals surface area contributed by atoms with Crippen LogP contribution in [0.1, 0.15) is 39.7 Å². The standard InChI is InChI=1S/C25H31N3O3S/c1-17(22(29)26-19-13-11-18(12-14-19)25(2,3)4)32-24-27-21-10-7-6-9-20(21)23(30)28(24)15-8-16-31-5/h6-7,9-14,17H,8,15-16H2,1-5H3,(H,26,29). The van der Waals surface area contributed by atoms with Gasteiger partial charge < -0.3 is 10.1 Å². The minimum atomic E-state index is -0.431. The summed E-state index contributed by atoms with van der Waals surface area (Å²) in [4.78, 5) is 30.6. The van der Waals surface area contributed by atoms with Crippen LogP contribution in [0.15, 0.2) is 58.5 Å². The van der Waals surface area contributed by atoms with Crippen LogP contribution in [0.2, 0.25) is 0 Å². The molecular formula is C25H31N3O3S. The van der Waals surface area contributed by atoms with E-state index in [4.69, 9.17) is 4.74 Å². The molecule has 1 N–H and O–H groups in total. The molecular weight excluding hydrogens is 422 g/mol. The van der Waals surface area contributed by atoms with E-state index in [-0.39, 0.29) is 16.9 Å². The number of para-hydroxylation sites is 1. The van der Waals surface area contributed by atoms with E-state index >= 15 is 0 Å². The van der Waals surface area contributed by atoms with Crippen molar-refractivity contribution in [3.63, 3.8) is 0 Å². The maximum atomic E-state index is 13.1. The number of aromatic nitrogens is 2. The molecule has 0 aliphatic carbocycles. The third kappa shape index (κ3) is 5.78. The Morgan fingerprint density at radius 2 is 1.84 bits per heavy atom. The molecule has 0 fully saturated rings. The molecule has 1 aromatic heterocycles. The number of anilines is 1. The second kappa shape index (κ2) is 10.3. The summed E-state index contributed by atoms with van der Waals surface area (Å²) in [6.45, 7) is 9.32. The van der Waals surface area contributed by atoms with Crippen LogP contribution in [0.3, 0.4) is 0 Å². The number of carbonyl (C=O) groups is 1. The maximum Gasteiger partial charge on any atom is 0.262 e. The molecule has 3 aromatic rings. The fraction of sp³-hybridized carbons (Fsp3) is 0.400. The molecule has 170 valence electrons. The smallest absolute Gasteiger partial charge is 0.262 e. The predicted molar refractivity (Wildman–Crippen MR) is 132 cm³/mol. The summed E-state index contributed by atoms with van der Waals surface area (Å²) < 4.78 is 6.79. The zero-order valence-corrected chi connectivity index (χ0v) is 20.2. The molecule has 0 spiro atoms. The van der Waals surface area contributed by atoms with Gasteiger partial charge in [-0.05, 0) is 48.6 Å². The molecule has 1 amide bonds. The van der Waals surface area contributed by atoms with Crippen molar-refractivity contribution in [2.75, 3.05) is 19.0 Å². The van der Waals surface area contributed by atoms with Crippen molar-refractivity contribution in [3.05, 3.63) is 64.4 Å². The minimum absolute atomic E-state index is 0.0555. The lowest BCUT2D eigenvalue weighted by molar-refractivity contribution is -0.115. The molecule has 1 atom stereocenters. The van der Waals surface area contributed by atoms with Gasteiger partial charge in [-0.2, -0.15) is 0 Å². The first kappa shape index (κ1) is 24.0. The first-order valence-electron chi connectivity index (χ1n) is 10.8. The Kier molecular flexibility index (Phi) is 7.74. The number of hydrogen-bond donors (Lipinski definition) is 1. The number of carbonyl (C=O) groups excluding carboxylic acids is 1. The first-order valence-corrected chi connectivity index (χ1v) is 11.7. The number of nitrogens with zero attached hydrogens (tertiary/aromatic N) is 2. The highest BCUT2D eigenvalue weighted by atomic mass is 32.2. The van der Waals surface area contributed by atoms with Gasteiger partial charge in [-0.3, -0.25) is 14.2 Å². The van der Waals surface area contributed by atoms with Crippen LogP contribution in [0.5, 0.6) is 0 Å². The summed E-state index contributed by atoms with van der Waals surface area (Å²) in [5, 5.41) is 3.65. The number of benzene rings is 2. The topological polar surface area (TPSA) is 73.2 Å². The molecule has 2 aromatic carbocycles. The van der Waals surface area contributed by atoms with Crippen molar-refractivity contribution < 1.29 is 9.53 Å². The number of rotatable bonds is 8. The molecule has 7 heteroatoms. The number of fused-ring (bicyclic) bond motifs is 1. The van der Waals surface area contributed by atoms with Crippen molar-refractivity contribution in [1.29, 1.82) is 0 Å². The van der Waals surface area contributed by atoms with Crippen LogP contribution in [-0.4, -0.2) is 34.4 Å². The quantitative estimate of drug-likeness (QED) is 0.300. The van der Waals surface area contributed by atoms with Crippen LogP contribution in [0, 0.1) is 0 Å². The van der Waals surface area contributed by atoms with Crippen LogP contribution in [-0.2, 0) is 21.5 Å².